The van der Waals surface area contributed by atoms with Gasteiger partial charge in [0.1, 0.15) is 11.6 Å². The molecule has 0 atom stereocenters. The van der Waals surface area contributed by atoms with Crippen molar-refractivity contribution in [2.24, 2.45) is 11.5 Å². The number of benzene rings is 7. The van der Waals surface area contributed by atoms with E-state index < -0.39 is 5.97 Å². The molecule has 9 N–H and O–H groups in total. The largest absolute Gasteiger partial charge is 0.478 e. The maximum Gasteiger partial charge on any atom is 0.339 e. The molecule has 722 valence electrons. The van der Waals surface area contributed by atoms with Crippen LogP contribution in [0.5, 0.6) is 0 Å². The number of hydrogen-bond donors (Lipinski definition) is 5. The first-order valence-electron chi connectivity index (χ1n) is 44.3. The lowest BCUT2D eigenvalue weighted by Gasteiger charge is -2.10. The standard InChI is InChI=1S/3C18H17N3O2.C17H15N3O2.2C10H11N3.C7H6BrNO2.C7H9N.C4H6N2/c2*1-13-10-15(20-21(13)16-6-4-3-5-7-16)11-14-12-19-9-8-17(14)18(22)23-2;1-13-10-16(21(20-13)15-6-4-3-5-7-15)11-14-12-19-9-8-17(14)18(22)23-2;1-12-9-15(20(19-12)14-5-3-2-4-6-14)10-13-11-18-8-7-16(13)17(21)22;1-8-7-10(11)12-13(8)9-5-3-2-4-6-9;1-8-7-10(11)13(12-8)9-5-3-2-4-6-9;1-11-7(10)5-2-3-9-4-6(5)8;8-6-7-4-2-1-3-5-7;1-4(6)2-3-5/h3*3-10,12H,11H2,1-2H3;2-9,11H,10H2,1H3,(H,21,22);2-7H,1H3,(H2,11,12);2-7H,11H2,1H3;2-4H,1H3;1-5H,6,8H2;2H,6H2,1H3/b;;;;;;;;4-2-. The summed E-state index contributed by atoms with van der Waals surface area (Å²) in [7, 11) is 5.47. The molecular weight excluding hydrogens is 1860 g/mol. The number of aromatic nitrogens is 17. The van der Waals surface area contributed by atoms with E-state index in [0.717, 1.165) is 108 Å². The number of pyridine rings is 5. The minimum Gasteiger partial charge on any atom is -0.478 e. The van der Waals surface area contributed by atoms with Crippen molar-refractivity contribution in [1.82, 2.24) is 83.6 Å². The van der Waals surface area contributed by atoms with Gasteiger partial charge in [-0.05, 0) is 220 Å². The number of carboxylic acids is 1. The number of carbonyl (C=O) groups excluding carboxylic acids is 4. The molecule has 7 aromatic carbocycles. The van der Waals surface area contributed by atoms with Crippen LogP contribution >= 0.6 is 15.9 Å². The van der Waals surface area contributed by atoms with Crippen LogP contribution in [0.25, 0.3) is 34.1 Å². The third kappa shape index (κ3) is 31.5. The Morgan fingerprint density at radius 1 is 0.366 bits per heavy atom. The molecule has 0 aliphatic carbocycles. The van der Waals surface area contributed by atoms with Crippen LogP contribution in [0.3, 0.4) is 0 Å². The number of allylic oxidation sites excluding steroid dienone is 2. The molecule has 0 fully saturated rings. The lowest BCUT2D eigenvalue weighted by molar-refractivity contribution is 0.0590. The molecular formula is C109H109BrN22O10. The van der Waals surface area contributed by atoms with Crippen LogP contribution in [0, 0.1) is 52.9 Å². The number of nitriles is 1. The summed E-state index contributed by atoms with van der Waals surface area (Å²) in [5.74, 6) is -1.16. The summed E-state index contributed by atoms with van der Waals surface area (Å²) >= 11 is 3.17. The van der Waals surface area contributed by atoms with Crippen LogP contribution in [-0.4, -0.2) is 147 Å². The normalized spacial score (nSPS) is 10.3. The third-order valence-corrected chi connectivity index (χ3v) is 21.2. The highest BCUT2D eigenvalue weighted by Gasteiger charge is 2.21. The molecule has 32 nitrogen and oxygen atoms in total. The highest BCUT2D eigenvalue weighted by atomic mass is 79.9. The molecule has 11 heterocycles. The van der Waals surface area contributed by atoms with E-state index in [4.69, 9.17) is 42.4 Å². The molecule has 0 aliphatic rings. The molecule has 0 aliphatic heterocycles. The SMILES string of the molecule is C/C(N)=C/C#N.COC(=O)c1ccncc1Br.COC(=O)c1ccncc1Cc1cc(C)n(-c2ccccc2)n1.COC(=O)c1ccncc1Cc1cc(C)n(-c2ccccc2)n1.COC(=O)c1ccncc1Cc1cc(C)nn1-c1ccccc1.Cc1cc(Cc2cnccc2C(=O)O)n(-c2ccccc2)n1.Cc1cc(N)n(-c2ccccc2)n1.Cc1cc(N)nn1-c1ccccc1.NCc1ccccc1. The number of nitrogen functional groups attached to an aromatic ring is 2. The Bertz CT molecular complexity index is 6950. The summed E-state index contributed by atoms with van der Waals surface area (Å²) in [6.07, 6.45) is 19.4. The van der Waals surface area contributed by atoms with Crippen molar-refractivity contribution in [3.05, 3.63) is 470 Å². The third-order valence-electron chi connectivity index (χ3n) is 20.6. The first-order valence-corrected chi connectivity index (χ1v) is 45.1. The van der Waals surface area contributed by atoms with Crippen molar-refractivity contribution in [2.75, 3.05) is 39.9 Å². The second-order valence-electron chi connectivity index (χ2n) is 31.2. The van der Waals surface area contributed by atoms with Gasteiger partial charge < -0.3 is 47.0 Å². The number of aromatic carboxylic acids is 1. The van der Waals surface area contributed by atoms with Gasteiger partial charge in [0.15, 0.2) is 0 Å². The molecule has 142 heavy (non-hydrogen) atoms. The summed E-state index contributed by atoms with van der Waals surface area (Å²) < 4.78 is 30.7. The fraction of sp³-hybridized carbons (Fsp3) is 0.147. The predicted octanol–water partition coefficient (Wildman–Crippen LogP) is 18.4. The zero-order valence-corrected chi connectivity index (χ0v) is 81.9. The van der Waals surface area contributed by atoms with E-state index in [1.165, 1.54) is 58.5 Å². The number of esters is 4. The molecule has 18 aromatic rings. The van der Waals surface area contributed by atoms with Gasteiger partial charge in [-0.3, -0.25) is 24.9 Å². The van der Waals surface area contributed by atoms with Crippen LogP contribution < -0.4 is 22.9 Å². The molecule has 0 spiro atoms. The molecule has 33 heteroatoms. The summed E-state index contributed by atoms with van der Waals surface area (Å²) in [5.41, 5.74) is 44.5. The van der Waals surface area contributed by atoms with E-state index in [2.05, 4.69) is 76.2 Å². The van der Waals surface area contributed by atoms with Gasteiger partial charge >= 0.3 is 29.8 Å². The van der Waals surface area contributed by atoms with Crippen molar-refractivity contribution in [1.29, 1.82) is 5.26 Å². The number of ether oxygens (including phenoxy) is 4. The molecule has 11 aromatic heterocycles. The fourth-order valence-electron chi connectivity index (χ4n) is 14.0. The number of nitrogens with zero attached hydrogens (tertiary/aromatic N) is 18. The number of rotatable bonds is 20. The number of para-hydroxylation sites is 6. The van der Waals surface area contributed by atoms with E-state index in [9.17, 15) is 29.1 Å². The summed E-state index contributed by atoms with van der Waals surface area (Å²) in [6, 6.07) is 91.0. The monoisotopic (exact) mass is 1960 g/mol. The van der Waals surface area contributed by atoms with Gasteiger partial charge in [-0.25, -0.2) is 52.1 Å². The van der Waals surface area contributed by atoms with Crippen molar-refractivity contribution >= 4 is 57.4 Å². The maximum absolute atomic E-state index is 11.9. The van der Waals surface area contributed by atoms with Crippen LogP contribution in [0.1, 0.15) is 143 Å². The van der Waals surface area contributed by atoms with E-state index in [1.54, 1.807) is 91.5 Å². The van der Waals surface area contributed by atoms with E-state index in [1.807, 2.05) is 314 Å². The Morgan fingerprint density at radius 2 is 0.655 bits per heavy atom. The zero-order valence-electron chi connectivity index (χ0n) is 80.3. The average molecular weight is 1970 g/mol. The van der Waals surface area contributed by atoms with Crippen LogP contribution in [0.15, 0.2) is 357 Å². The van der Waals surface area contributed by atoms with Gasteiger partial charge in [0, 0.05) is 147 Å². The number of nitrogens with two attached hydrogens (primary N) is 4. The first-order chi connectivity index (χ1) is 68.7. The quantitative estimate of drug-likeness (QED) is 0.0269. The summed E-state index contributed by atoms with van der Waals surface area (Å²) in [4.78, 5) is 78.1. The summed E-state index contributed by atoms with van der Waals surface area (Å²) in [6.45, 7) is 14.1. The molecule has 0 saturated carbocycles. The number of carbonyl (C=O) groups is 5. The van der Waals surface area contributed by atoms with Crippen molar-refractivity contribution in [3.63, 3.8) is 0 Å². The van der Waals surface area contributed by atoms with E-state index in [0.29, 0.717) is 81.9 Å². The topological polar surface area (TPSA) is 442 Å². The van der Waals surface area contributed by atoms with Crippen molar-refractivity contribution in [3.8, 4) is 40.2 Å². The number of aryl methyl sites for hydroxylation is 6. The molecule has 18 rings (SSSR count). The van der Waals surface area contributed by atoms with E-state index in [-0.39, 0.29) is 29.4 Å². The molecule has 0 saturated heterocycles. The maximum atomic E-state index is 11.9. The molecule has 0 amide bonds. The van der Waals surface area contributed by atoms with Crippen LogP contribution in [0.4, 0.5) is 11.6 Å². The highest BCUT2D eigenvalue weighted by molar-refractivity contribution is 9.10. The Kier molecular flexibility index (Phi) is 40.8. The van der Waals surface area contributed by atoms with Crippen LogP contribution in [-0.2, 0) is 51.2 Å². The number of anilines is 2. The zero-order chi connectivity index (χ0) is 102. The number of hydrogen-bond acceptors (Lipinski definition) is 25. The Morgan fingerprint density at radius 3 is 0.951 bits per heavy atom. The summed E-state index contributed by atoms with van der Waals surface area (Å²) in [5, 5.41) is 43.9. The number of methoxy groups -OCH3 is 4. The Balaban J connectivity index is 0.000000169. The Hall–Kier alpha value is -18.0. The Labute approximate surface area is 831 Å². The second kappa shape index (κ2) is 54.6. The van der Waals surface area contributed by atoms with Crippen molar-refractivity contribution in [2.45, 2.75) is 80.7 Å². The molecule has 0 unspecified atom stereocenters. The van der Waals surface area contributed by atoms with Gasteiger partial charge in [0.25, 0.3) is 0 Å². The lowest BCUT2D eigenvalue weighted by atomic mass is 10.1. The fourth-order valence-corrected chi connectivity index (χ4v) is 14.4. The van der Waals surface area contributed by atoms with Gasteiger partial charge in [-0.15, -0.1) is 0 Å². The van der Waals surface area contributed by atoms with Gasteiger partial charge in [0.05, 0.1) is 129 Å². The molecule has 0 radical (unpaired) electrons. The van der Waals surface area contributed by atoms with E-state index >= 15 is 0 Å². The smallest absolute Gasteiger partial charge is 0.339 e. The minimum atomic E-state index is -0.945. The predicted molar refractivity (Wildman–Crippen MR) is 549 cm³/mol. The average Bonchev–Trinajstić information content (AvgIpc) is 1.68. The second-order valence-corrected chi connectivity index (χ2v) is 32.0. The van der Waals surface area contributed by atoms with Crippen molar-refractivity contribution < 1.29 is 48.0 Å². The van der Waals surface area contributed by atoms with Gasteiger partial charge in [0.2, 0.25) is 0 Å². The van der Waals surface area contributed by atoms with Gasteiger partial charge in [-0.1, -0.05) is 140 Å². The highest BCUT2D eigenvalue weighted by Crippen LogP contribution is 2.26. The van der Waals surface area contributed by atoms with Gasteiger partial charge in [-0.2, -0.15) is 35.9 Å². The number of carboxylic acid groups (broad SMARTS) is 1. The van der Waals surface area contributed by atoms with Crippen LogP contribution in [0.2, 0.25) is 0 Å². The lowest BCUT2D eigenvalue weighted by Crippen LogP contribution is -2.09. The minimum absolute atomic E-state index is 0.272. The molecule has 0 bridgehead atoms. The number of halogens is 1. The first kappa shape index (κ1) is 106.